The Labute approximate surface area is 373 Å². The molecule has 10 atom stereocenters. The molecule has 0 spiro atoms. The molecule has 2 heterocycles. The van der Waals surface area contributed by atoms with Gasteiger partial charge < -0.3 is 81.5 Å². The van der Waals surface area contributed by atoms with E-state index in [-0.39, 0.29) is 68.8 Å². The van der Waals surface area contributed by atoms with E-state index >= 15 is 0 Å². The highest BCUT2D eigenvalue weighted by Crippen LogP contribution is 2.29. The molecule has 2 fully saturated rings. The van der Waals surface area contributed by atoms with E-state index in [2.05, 4.69) is 31.9 Å². The smallest absolute Gasteiger partial charge is 0.306 e. The zero-order chi connectivity index (χ0) is 47.4. The lowest BCUT2D eigenvalue weighted by Gasteiger charge is -2.45. The molecular formula is C41H72N6O17. The maximum Gasteiger partial charge on any atom is 0.306 e. The summed E-state index contributed by atoms with van der Waals surface area (Å²) in [6.45, 7) is 3.34. The van der Waals surface area contributed by atoms with Gasteiger partial charge in [0.15, 0.2) is 6.29 Å². The molecule has 23 nitrogen and oxygen atoms in total. The van der Waals surface area contributed by atoms with E-state index in [9.17, 15) is 59.1 Å². The molecule has 23 heteroatoms. The van der Waals surface area contributed by atoms with Crippen molar-refractivity contribution in [2.24, 2.45) is 0 Å². The van der Waals surface area contributed by atoms with Crippen LogP contribution in [0.4, 0.5) is 0 Å². The lowest BCUT2D eigenvalue weighted by Crippen LogP contribution is -2.65. The molecule has 0 aromatic heterocycles. The summed E-state index contributed by atoms with van der Waals surface area (Å²) < 4.78 is 21.4. The molecule has 0 saturated carbocycles. The van der Waals surface area contributed by atoms with E-state index in [4.69, 9.17) is 24.1 Å². The van der Waals surface area contributed by atoms with Crippen LogP contribution in [0.5, 0.6) is 0 Å². The van der Waals surface area contributed by atoms with E-state index in [0.717, 1.165) is 12.8 Å². The van der Waals surface area contributed by atoms with E-state index in [0.29, 0.717) is 77.7 Å². The molecule has 368 valence electrons. The number of rotatable bonds is 32. The summed E-state index contributed by atoms with van der Waals surface area (Å²) >= 11 is 0. The number of Topliss-reactive ketones (excluding diaryl/α,β-unsaturated/α-hetero) is 1. The first kappa shape index (κ1) is 56.2. The van der Waals surface area contributed by atoms with Crippen molar-refractivity contribution < 1.29 is 83.1 Å². The van der Waals surface area contributed by atoms with Crippen molar-refractivity contribution in [3.05, 3.63) is 0 Å². The van der Waals surface area contributed by atoms with Crippen LogP contribution in [0.25, 0.3) is 0 Å². The third-order valence-electron chi connectivity index (χ3n) is 10.6. The van der Waals surface area contributed by atoms with Gasteiger partial charge >= 0.3 is 5.97 Å². The van der Waals surface area contributed by atoms with Gasteiger partial charge in [-0.3, -0.25) is 33.6 Å². The maximum atomic E-state index is 12.6. The third kappa shape index (κ3) is 21.4. The number of amides is 5. The summed E-state index contributed by atoms with van der Waals surface area (Å²) in [5.41, 5.74) is 0. The van der Waals surface area contributed by atoms with Crippen LogP contribution < -0.4 is 31.9 Å². The summed E-state index contributed by atoms with van der Waals surface area (Å²) in [5.74, 6) is -3.30. The predicted molar refractivity (Wildman–Crippen MR) is 224 cm³/mol. The Morgan fingerprint density at radius 2 is 1.05 bits per heavy atom. The van der Waals surface area contributed by atoms with Crippen molar-refractivity contribution in [1.29, 1.82) is 0 Å². The number of carbonyl (C=O) groups excluding carboxylic acids is 7. The molecule has 9 unspecified atom stereocenters. The number of aliphatic hydroxyl groups excluding tert-OH is 6. The van der Waals surface area contributed by atoms with E-state index in [1.807, 2.05) is 0 Å². The fourth-order valence-corrected chi connectivity index (χ4v) is 6.74. The number of nitrogens with one attached hydrogen (secondary N) is 6. The Morgan fingerprint density at radius 1 is 0.609 bits per heavy atom. The predicted octanol–water partition coefficient (Wildman–Crippen LogP) is -3.60. The van der Waals surface area contributed by atoms with Crippen LogP contribution in [0.3, 0.4) is 0 Å². The number of hydrogen-bond acceptors (Lipinski definition) is 18. The van der Waals surface area contributed by atoms with Crippen LogP contribution in [0.1, 0.15) is 103 Å². The zero-order valence-electron chi connectivity index (χ0n) is 37.0. The number of likely N-dealkylation sites (N-methyl/N-ethyl adjacent to an activating group) is 1. The maximum absolute atomic E-state index is 12.6. The monoisotopic (exact) mass is 920 g/mol. The quantitative estimate of drug-likeness (QED) is 0.0229. The molecule has 0 radical (unpaired) electrons. The topological polar surface area (TPSA) is 350 Å². The van der Waals surface area contributed by atoms with Gasteiger partial charge in [0.2, 0.25) is 41.6 Å². The second-order valence-electron chi connectivity index (χ2n) is 15.7. The van der Waals surface area contributed by atoms with Gasteiger partial charge in [0.1, 0.15) is 49.3 Å². The van der Waals surface area contributed by atoms with Gasteiger partial charge in [-0.15, -0.1) is 0 Å². The van der Waals surface area contributed by atoms with Crippen molar-refractivity contribution in [1.82, 2.24) is 31.9 Å². The highest BCUT2D eigenvalue weighted by atomic mass is 16.7. The van der Waals surface area contributed by atoms with Crippen molar-refractivity contribution in [2.75, 3.05) is 53.0 Å². The molecule has 0 aromatic rings. The first-order valence-corrected chi connectivity index (χ1v) is 22.3. The van der Waals surface area contributed by atoms with Gasteiger partial charge in [-0.25, -0.2) is 0 Å². The van der Waals surface area contributed by atoms with Gasteiger partial charge in [0.05, 0.1) is 6.42 Å². The van der Waals surface area contributed by atoms with E-state index in [1.54, 1.807) is 14.0 Å². The molecule has 12 N–H and O–H groups in total. The number of ether oxygens (including phenoxy) is 4. The molecule has 2 rings (SSSR count). The molecule has 64 heavy (non-hydrogen) atoms. The Balaban J connectivity index is 1.50. The SMILES string of the molecule is CC[C@@H](NC)C1OC(O)C(OC2OC(COC(=O)CCC(=O)NCCCCCNC(=O)CCC(=O)NCCCCCNC(=O)CCC(=O)NCCCCO)C(O)C(O)C2=O)C(O)C1O. The van der Waals surface area contributed by atoms with Gasteiger partial charge in [-0.2, -0.15) is 0 Å². The van der Waals surface area contributed by atoms with Crippen LogP contribution in [0, 0.1) is 0 Å². The summed E-state index contributed by atoms with van der Waals surface area (Å²) in [6.07, 6.45) is -9.39. The van der Waals surface area contributed by atoms with Gasteiger partial charge in [0.25, 0.3) is 0 Å². The van der Waals surface area contributed by atoms with Crippen LogP contribution in [0.2, 0.25) is 0 Å². The van der Waals surface area contributed by atoms with Crippen molar-refractivity contribution in [3.8, 4) is 0 Å². The van der Waals surface area contributed by atoms with Crippen molar-refractivity contribution in [2.45, 2.75) is 165 Å². The molecule has 5 amide bonds. The average molecular weight is 921 g/mol. The van der Waals surface area contributed by atoms with Gasteiger partial charge in [-0.1, -0.05) is 6.92 Å². The third-order valence-corrected chi connectivity index (χ3v) is 10.6. The standard InChI is InChI=1S/C41H72N6O17/c1-3-25(42-2)38-35(57)36(58)39(40(60)63-38)64-41-37(59)34(56)33(55)26(62-41)24-61-32(54)17-16-31(53)46-21-9-5-8-20-44-28(50)13-12-27(49)43-18-6-4-7-19-45-29(51)14-15-30(52)47-22-10-11-23-48/h25-26,33-36,38-42,48,55-58,60H,3-24H2,1-2H3,(H,43,49)(H,44,50)(H,45,51)(H,46,53)(H,47,52)/t25-,26?,33?,34?,35?,36?,38?,39?,40?,41?/m1/s1. The van der Waals surface area contributed by atoms with Crippen LogP contribution in [-0.4, -0.2) is 186 Å². The first-order chi connectivity index (χ1) is 30.6. The Morgan fingerprint density at radius 3 is 1.47 bits per heavy atom. The highest BCUT2D eigenvalue weighted by Gasteiger charge is 2.51. The number of esters is 1. The summed E-state index contributed by atoms with van der Waals surface area (Å²) in [6, 6.07) is -0.434. The molecule has 2 saturated heterocycles. The van der Waals surface area contributed by atoms with Crippen LogP contribution in [-0.2, 0) is 52.5 Å². The molecule has 0 bridgehead atoms. The van der Waals surface area contributed by atoms with Gasteiger partial charge in [0, 0.05) is 77.5 Å². The van der Waals surface area contributed by atoms with E-state index in [1.165, 1.54) is 0 Å². The average Bonchev–Trinajstić information content (AvgIpc) is 3.27. The molecular weight excluding hydrogens is 848 g/mol. The highest BCUT2D eigenvalue weighted by molar-refractivity contribution is 5.87. The number of ketones is 1. The lowest BCUT2D eigenvalue weighted by molar-refractivity contribution is -0.331. The summed E-state index contributed by atoms with van der Waals surface area (Å²) in [4.78, 5) is 85.0. The Kier molecular flexibility index (Phi) is 28.0. The number of unbranched alkanes of at least 4 members (excludes halogenated alkanes) is 5. The summed E-state index contributed by atoms with van der Waals surface area (Å²) in [7, 11) is 1.61. The molecule has 2 aliphatic heterocycles. The van der Waals surface area contributed by atoms with Crippen molar-refractivity contribution >= 4 is 41.3 Å². The van der Waals surface area contributed by atoms with Crippen molar-refractivity contribution in [3.63, 3.8) is 0 Å². The second kappa shape index (κ2) is 31.9. The largest absolute Gasteiger partial charge is 0.463 e. The Hall–Kier alpha value is -3.91. The fourth-order valence-electron chi connectivity index (χ4n) is 6.74. The number of hydrogen-bond donors (Lipinski definition) is 12. The first-order valence-electron chi connectivity index (χ1n) is 22.3. The zero-order valence-corrected chi connectivity index (χ0v) is 37.0. The second-order valence-corrected chi connectivity index (χ2v) is 15.7. The van der Waals surface area contributed by atoms with Crippen LogP contribution >= 0.6 is 0 Å². The minimum absolute atomic E-state index is 0.0391. The normalized spacial score (nSPS) is 24.9. The fraction of sp³-hybridized carbons (Fsp3) is 0.829. The Bertz CT molecular complexity index is 1440. The number of aliphatic hydroxyl groups is 6. The molecule has 0 aromatic carbocycles. The lowest BCUT2D eigenvalue weighted by atomic mass is 9.92. The molecule has 0 aliphatic carbocycles. The minimum atomic E-state index is -2.04. The summed E-state index contributed by atoms with van der Waals surface area (Å²) in [5, 5.41) is 77.8. The number of carbonyl (C=O) groups is 7. The van der Waals surface area contributed by atoms with E-state index < -0.39 is 85.6 Å². The molecule has 2 aliphatic rings. The van der Waals surface area contributed by atoms with Gasteiger partial charge in [-0.05, 0) is 64.8 Å². The minimum Gasteiger partial charge on any atom is -0.463 e. The van der Waals surface area contributed by atoms with Crippen LogP contribution in [0.15, 0.2) is 0 Å².